The minimum atomic E-state index is -0.275. The zero-order valence-electron chi connectivity index (χ0n) is 17.7. The summed E-state index contributed by atoms with van der Waals surface area (Å²) in [5.41, 5.74) is 1.59. The van der Waals surface area contributed by atoms with Gasteiger partial charge in [0.15, 0.2) is 11.5 Å². The van der Waals surface area contributed by atoms with Crippen molar-refractivity contribution >= 4 is 43.4 Å². The molecule has 4 aromatic rings. The summed E-state index contributed by atoms with van der Waals surface area (Å²) in [5, 5.41) is 3.59. The number of halogens is 1. The molecule has 0 radical (unpaired) electrons. The Balaban J connectivity index is 1.20. The van der Waals surface area contributed by atoms with Gasteiger partial charge in [0.25, 0.3) is 0 Å². The van der Waals surface area contributed by atoms with E-state index in [2.05, 4.69) is 20.2 Å². The van der Waals surface area contributed by atoms with E-state index < -0.39 is 0 Å². The molecule has 0 bridgehead atoms. The van der Waals surface area contributed by atoms with Crippen LogP contribution in [0.4, 0.5) is 10.2 Å². The summed E-state index contributed by atoms with van der Waals surface area (Å²) in [7, 11) is 0. The van der Waals surface area contributed by atoms with E-state index >= 15 is 0 Å². The molecule has 168 valence electrons. The van der Waals surface area contributed by atoms with Gasteiger partial charge in [-0.3, -0.25) is 4.79 Å². The van der Waals surface area contributed by atoms with Crippen LogP contribution in [0.2, 0.25) is 0 Å². The fraction of sp³-hybridized carbons (Fsp3) is 0.292. The summed E-state index contributed by atoms with van der Waals surface area (Å²) in [6, 6.07) is 10.8. The molecule has 1 saturated heterocycles. The van der Waals surface area contributed by atoms with E-state index in [0.29, 0.717) is 29.7 Å². The third-order valence-electron chi connectivity index (χ3n) is 6.20. The van der Waals surface area contributed by atoms with Crippen LogP contribution >= 0.6 is 11.3 Å². The van der Waals surface area contributed by atoms with Crippen molar-refractivity contribution in [1.29, 1.82) is 0 Å². The lowest BCUT2D eigenvalue weighted by Crippen LogP contribution is -2.43. The Morgan fingerprint density at radius 1 is 1.21 bits per heavy atom. The Kier molecular flexibility index (Phi) is 4.98. The second-order valence-electron chi connectivity index (χ2n) is 8.28. The van der Waals surface area contributed by atoms with Crippen LogP contribution in [0, 0.1) is 11.7 Å². The zero-order valence-corrected chi connectivity index (χ0v) is 18.5. The first-order valence-corrected chi connectivity index (χ1v) is 11.7. The SMILES string of the molecule is O=C(NCc1ccc2c(c1)OCO2)[C@@H]1CCCN(c2ncnc3c2sc2cccc(F)c23)C1. The number of hydrogen-bond acceptors (Lipinski definition) is 7. The topological polar surface area (TPSA) is 76.6 Å². The quantitative estimate of drug-likeness (QED) is 0.487. The number of anilines is 1. The third kappa shape index (κ3) is 3.62. The molecule has 0 spiro atoms. The lowest BCUT2D eigenvalue weighted by Gasteiger charge is -2.33. The van der Waals surface area contributed by atoms with Gasteiger partial charge >= 0.3 is 0 Å². The van der Waals surface area contributed by atoms with Gasteiger partial charge in [0.05, 0.1) is 21.5 Å². The smallest absolute Gasteiger partial charge is 0.231 e. The number of benzene rings is 2. The first-order chi connectivity index (χ1) is 16.2. The normalized spacial score (nSPS) is 17.6. The predicted octanol–water partition coefficient (Wildman–Crippen LogP) is 4.25. The molecule has 2 aromatic carbocycles. The molecule has 1 fully saturated rings. The van der Waals surface area contributed by atoms with Crippen LogP contribution < -0.4 is 19.7 Å². The predicted molar refractivity (Wildman–Crippen MR) is 124 cm³/mol. The van der Waals surface area contributed by atoms with Crippen molar-refractivity contribution in [2.24, 2.45) is 5.92 Å². The van der Waals surface area contributed by atoms with Crippen LogP contribution in [0.3, 0.4) is 0 Å². The summed E-state index contributed by atoms with van der Waals surface area (Å²) in [6.45, 7) is 2.02. The summed E-state index contributed by atoms with van der Waals surface area (Å²) < 4.78 is 26.9. The Morgan fingerprint density at radius 3 is 3.06 bits per heavy atom. The summed E-state index contributed by atoms with van der Waals surface area (Å²) in [4.78, 5) is 24.0. The van der Waals surface area contributed by atoms with Gasteiger partial charge in [-0.05, 0) is 42.7 Å². The molecular weight excluding hydrogens is 443 g/mol. The number of nitrogens with zero attached hydrogens (tertiary/aromatic N) is 3. The molecule has 2 aliphatic rings. The highest BCUT2D eigenvalue weighted by Crippen LogP contribution is 2.39. The number of hydrogen-bond donors (Lipinski definition) is 1. The van der Waals surface area contributed by atoms with E-state index in [-0.39, 0.29) is 24.4 Å². The first kappa shape index (κ1) is 20.2. The molecule has 0 unspecified atom stereocenters. The van der Waals surface area contributed by atoms with Crippen LogP contribution in [0.25, 0.3) is 20.3 Å². The zero-order chi connectivity index (χ0) is 22.4. The molecule has 1 N–H and O–H groups in total. The Morgan fingerprint density at radius 2 is 2.12 bits per heavy atom. The average Bonchev–Trinajstić information content (AvgIpc) is 3.47. The third-order valence-corrected chi connectivity index (χ3v) is 7.34. The van der Waals surface area contributed by atoms with Gasteiger partial charge in [0.1, 0.15) is 18.0 Å². The first-order valence-electron chi connectivity index (χ1n) is 10.9. The van der Waals surface area contributed by atoms with Crippen LogP contribution in [-0.4, -0.2) is 35.8 Å². The molecule has 1 amide bonds. The maximum Gasteiger partial charge on any atom is 0.231 e. The number of piperidine rings is 1. The summed E-state index contributed by atoms with van der Waals surface area (Å²) >= 11 is 1.49. The largest absolute Gasteiger partial charge is 0.454 e. The number of carbonyl (C=O) groups excluding carboxylic acids is 1. The summed E-state index contributed by atoms with van der Waals surface area (Å²) in [6.07, 6.45) is 3.19. The van der Waals surface area contributed by atoms with Gasteiger partial charge in [-0.15, -0.1) is 11.3 Å². The molecular formula is C24H21FN4O3S. The highest BCUT2D eigenvalue weighted by atomic mass is 32.1. The minimum Gasteiger partial charge on any atom is -0.454 e. The molecule has 9 heteroatoms. The molecule has 1 atom stereocenters. The van der Waals surface area contributed by atoms with Crippen molar-refractivity contribution in [3.05, 3.63) is 54.1 Å². The van der Waals surface area contributed by atoms with Crippen molar-refractivity contribution in [1.82, 2.24) is 15.3 Å². The number of thiophene rings is 1. The van der Waals surface area contributed by atoms with E-state index in [1.807, 2.05) is 24.3 Å². The fourth-order valence-electron chi connectivity index (χ4n) is 4.56. The van der Waals surface area contributed by atoms with Crippen molar-refractivity contribution in [3.63, 3.8) is 0 Å². The van der Waals surface area contributed by atoms with Crippen molar-refractivity contribution in [2.45, 2.75) is 19.4 Å². The maximum atomic E-state index is 14.5. The van der Waals surface area contributed by atoms with Crippen LogP contribution in [0.1, 0.15) is 18.4 Å². The van der Waals surface area contributed by atoms with Gasteiger partial charge in [0, 0.05) is 24.3 Å². The van der Waals surface area contributed by atoms with Crippen LogP contribution in [-0.2, 0) is 11.3 Å². The number of amides is 1. The Labute approximate surface area is 193 Å². The molecule has 2 aliphatic heterocycles. The molecule has 2 aromatic heterocycles. The molecule has 33 heavy (non-hydrogen) atoms. The molecule has 6 rings (SSSR count). The molecule has 4 heterocycles. The van der Waals surface area contributed by atoms with Gasteiger partial charge in [-0.1, -0.05) is 12.1 Å². The van der Waals surface area contributed by atoms with Gasteiger partial charge in [-0.25, -0.2) is 14.4 Å². The number of aromatic nitrogens is 2. The highest BCUT2D eigenvalue weighted by molar-refractivity contribution is 7.26. The second-order valence-corrected chi connectivity index (χ2v) is 9.33. The van der Waals surface area contributed by atoms with Gasteiger partial charge < -0.3 is 19.7 Å². The van der Waals surface area contributed by atoms with Gasteiger partial charge in [-0.2, -0.15) is 0 Å². The number of rotatable bonds is 4. The van der Waals surface area contributed by atoms with Crippen molar-refractivity contribution < 1.29 is 18.7 Å². The Bertz CT molecular complexity index is 1370. The molecule has 0 saturated carbocycles. The lowest BCUT2D eigenvalue weighted by atomic mass is 9.97. The average molecular weight is 465 g/mol. The number of fused-ring (bicyclic) bond motifs is 4. The van der Waals surface area contributed by atoms with Gasteiger partial charge in [0.2, 0.25) is 12.7 Å². The second kappa shape index (κ2) is 8.15. The molecule has 0 aliphatic carbocycles. The van der Waals surface area contributed by atoms with E-state index in [4.69, 9.17) is 9.47 Å². The van der Waals surface area contributed by atoms with Crippen LogP contribution in [0.15, 0.2) is 42.7 Å². The number of nitrogens with one attached hydrogen (secondary N) is 1. The van der Waals surface area contributed by atoms with E-state index in [1.54, 1.807) is 6.07 Å². The fourth-order valence-corrected chi connectivity index (χ4v) is 5.75. The standard InChI is InChI=1S/C24H21FN4O3S/c25-16-4-1-5-19-20(16)21-22(33-19)23(28-12-27-21)29-8-2-3-15(11-29)24(30)26-10-14-6-7-17-18(9-14)32-13-31-17/h1,4-7,9,12,15H,2-3,8,10-11,13H2,(H,26,30)/t15-/m1/s1. The van der Waals surface area contributed by atoms with Crippen molar-refractivity contribution in [3.8, 4) is 11.5 Å². The van der Waals surface area contributed by atoms with E-state index in [1.165, 1.54) is 23.7 Å². The lowest BCUT2D eigenvalue weighted by molar-refractivity contribution is -0.125. The van der Waals surface area contributed by atoms with Crippen molar-refractivity contribution in [2.75, 3.05) is 24.8 Å². The maximum absolute atomic E-state index is 14.5. The number of ether oxygens (including phenoxy) is 2. The monoisotopic (exact) mass is 464 g/mol. The van der Waals surface area contributed by atoms with Crippen LogP contribution in [0.5, 0.6) is 11.5 Å². The summed E-state index contributed by atoms with van der Waals surface area (Å²) in [5.74, 6) is 1.80. The molecule has 7 nitrogen and oxygen atoms in total. The van der Waals surface area contributed by atoms with E-state index in [0.717, 1.165) is 45.9 Å². The Hall–Kier alpha value is -3.46. The minimum absolute atomic E-state index is 0.0186. The highest BCUT2D eigenvalue weighted by Gasteiger charge is 2.28. The number of carbonyl (C=O) groups is 1. The van der Waals surface area contributed by atoms with E-state index in [9.17, 15) is 9.18 Å².